The Hall–Kier alpha value is -4.74. The Labute approximate surface area is 300 Å². The fraction of sp³-hybridized carbons (Fsp3) is 0.316. The van der Waals surface area contributed by atoms with E-state index in [-0.39, 0.29) is 35.2 Å². The van der Waals surface area contributed by atoms with E-state index in [1.165, 1.54) is 37.3 Å². The molecule has 0 bridgehead atoms. The molecule has 266 valence electrons. The van der Waals surface area contributed by atoms with Crippen LogP contribution in [0.1, 0.15) is 38.8 Å². The van der Waals surface area contributed by atoms with Gasteiger partial charge in [-0.05, 0) is 87.4 Å². The highest BCUT2D eigenvalue weighted by molar-refractivity contribution is 7.92. The van der Waals surface area contributed by atoms with Gasteiger partial charge in [0.2, 0.25) is 11.8 Å². The van der Waals surface area contributed by atoms with E-state index in [1.807, 2.05) is 58.0 Å². The second kappa shape index (κ2) is 16.8. The molecule has 0 spiro atoms. The fourth-order valence-corrected chi connectivity index (χ4v) is 6.86. The number of benzene rings is 4. The third kappa shape index (κ3) is 9.92. The lowest BCUT2D eigenvalue weighted by atomic mass is 10.0. The van der Waals surface area contributed by atoms with Crippen molar-refractivity contribution < 1.29 is 32.2 Å². The van der Waals surface area contributed by atoms with Crippen LogP contribution >= 0.6 is 11.6 Å². The fourth-order valence-electron chi connectivity index (χ4n) is 5.30. The number of anilines is 1. The molecule has 10 nitrogen and oxygen atoms in total. The first-order chi connectivity index (χ1) is 23.7. The highest BCUT2D eigenvalue weighted by Gasteiger charge is 2.36. The van der Waals surface area contributed by atoms with Crippen molar-refractivity contribution in [2.24, 2.45) is 0 Å². The maximum Gasteiger partial charge on any atom is 0.264 e. The predicted molar refractivity (Wildman–Crippen MR) is 196 cm³/mol. The van der Waals surface area contributed by atoms with Crippen LogP contribution in [-0.4, -0.2) is 64.1 Å². The first kappa shape index (κ1) is 38.1. The van der Waals surface area contributed by atoms with Crippen LogP contribution in [0.4, 0.5) is 5.69 Å². The number of amides is 2. The SMILES string of the molecule is CCOc1ccc(N(CC(=O)N(Cc2ccc(Cl)cc2)C(Cc2ccccc2)C(=O)NC(C)(C)C)S(=O)(=O)c2ccc(OC)c(OC)c2)cc1. The molecule has 12 heteroatoms. The van der Waals surface area contributed by atoms with E-state index < -0.39 is 34.1 Å². The van der Waals surface area contributed by atoms with Crippen molar-refractivity contribution in [3.8, 4) is 17.2 Å². The molecule has 1 unspecified atom stereocenters. The number of carbonyl (C=O) groups excluding carboxylic acids is 2. The number of rotatable bonds is 15. The molecule has 0 fully saturated rings. The molecule has 0 heterocycles. The summed E-state index contributed by atoms with van der Waals surface area (Å²) < 4.78 is 46.3. The van der Waals surface area contributed by atoms with Gasteiger partial charge in [0, 0.05) is 29.6 Å². The van der Waals surface area contributed by atoms with Crippen molar-refractivity contribution in [1.82, 2.24) is 10.2 Å². The Balaban J connectivity index is 1.84. The molecule has 1 atom stereocenters. The Kier molecular flexibility index (Phi) is 12.8. The molecule has 2 amide bonds. The van der Waals surface area contributed by atoms with Gasteiger partial charge in [0.05, 0.1) is 31.4 Å². The molecule has 4 aromatic rings. The largest absolute Gasteiger partial charge is 0.494 e. The predicted octanol–water partition coefficient (Wildman–Crippen LogP) is 6.51. The van der Waals surface area contributed by atoms with Gasteiger partial charge < -0.3 is 24.4 Å². The zero-order valence-corrected chi connectivity index (χ0v) is 30.8. The minimum atomic E-state index is -4.39. The molecule has 0 aromatic heterocycles. The van der Waals surface area contributed by atoms with E-state index in [1.54, 1.807) is 48.5 Å². The van der Waals surface area contributed by atoms with E-state index in [0.717, 1.165) is 9.87 Å². The van der Waals surface area contributed by atoms with Gasteiger partial charge in [-0.3, -0.25) is 13.9 Å². The molecule has 0 saturated heterocycles. The molecule has 0 aliphatic heterocycles. The normalized spacial score (nSPS) is 12.1. The number of sulfonamides is 1. The number of hydrogen-bond donors (Lipinski definition) is 1. The van der Waals surface area contributed by atoms with Crippen molar-refractivity contribution in [2.75, 3.05) is 31.7 Å². The maximum atomic E-state index is 14.7. The van der Waals surface area contributed by atoms with E-state index in [4.69, 9.17) is 25.8 Å². The number of carbonyl (C=O) groups is 2. The first-order valence-corrected chi connectivity index (χ1v) is 17.9. The summed E-state index contributed by atoms with van der Waals surface area (Å²) in [5.74, 6) is 0.120. The molecular weight excluding hydrogens is 678 g/mol. The number of methoxy groups -OCH3 is 2. The first-order valence-electron chi connectivity index (χ1n) is 16.1. The minimum absolute atomic E-state index is 0.0125. The van der Waals surface area contributed by atoms with Crippen LogP contribution in [0.5, 0.6) is 17.2 Å². The second-order valence-electron chi connectivity index (χ2n) is 12.5. The quantitative estimate of drug-likeness (QED) is 0.149. The summed E-state index contributed by atoms with van der Waals surface area (Å²) in [6.45, 7) is 7.24. The number of hydrogen-bond acceptors (Lipinski definition) is 7. The van der Waals surface area contributed by atoms with Crippen molar-refractivity contribution in [3.63, 3.8) is 0 Å². The average molecular weight is 722 g/mol. The van der Waals surface area contributed by atoms with Gasteiger partial charge in [-0.25, -0.2) is 8.42 Å². The Morgan fingerprint density at radius 2 is 1.48 bits per heavy atom. The van der Waals surface area contributed by atoms with Crippen LogP contribution in [0.2, 0.25) is 5.02 Å². The molecule has 4 rings (SSSR count). The van der Waals surface area contributed by atoms with Crippen molar-refractivity contribution in [1.29, 1.82) is 0 Å². The molecule has 0 aliphatic rings. The topological polar surface area (TPSA) is 114 Å². The number of halogens is 1. The van der Waals surface area contributed by atoms with Crippen molar-refractivity contribution in [2.45, 2.75) is 57.1 Å². The van der Waals surface area contributed by atoms with Crippen LogP contribution in [0.3, 0.4) is 0 Å². The van der Waals surface area contributed by atoms with Crippen molar-refractivity contribution >= 4 is 39.1 Å². The van der Waals surface area contributed by atoms with Gasteiger partial charge in [0.1, 0.15) is 18.3 Å². The van der Waals surface area contributed by atoms with Gasteiger partial charge in [-0.1, -0.05) is 54.1 Å². The summed E-state index contributed by atoms with van der Waals surface area (Å²) in [6.07, 6.45) is 0.188. The number of nitrogens with one attached hydrogen (secondary N) is 1. The summed E-state index contributed by atoms with van der Waals surface area (Å²) in [5, 5.41) is 3.54. The lowest BCUT2D eigenvalue weighted by Crippen LogP contribution is -2.56. The minimum Gasteiger partial charge on any atom is -0.494 e. The number of ether oxygens (including phenoxy) is 3. The van der Waals surface area contributed by atoms with E-state index in [9.17, 15) is 18.0 Å². The summed E-state index contributed by atoms with van der Waals surface area (Å²) in [7, 11) is -1.52. The third-order valence-corrected chi connectivity index (χ3v) is 9.71. The van der Waals surface area contributed by atoms with Crippen LogP contribution in [0.25, 0.3) is 0 Å². The molecule has 1 N–H and O–H groups in total. The van der Waals surface area contributed by atoms with Gasteiger partial charge >= 0.3 is 0 Å². The van der Waals surface area contributed by atoms with Gasteiger partial charge in [0.25, 0.3) is 10.0 Å². The van der Waals surface area contributed by atoms with Crippen LogP contribution in [0, 0.1) is 0 Å². The Bertz CT molecular complexity index is 1850. The highest BCUT2D eigenvalue weighted by Crippen LogP contribution is 2.33. The lowest BCUT2D eigenvalue weighted by molar-refractivity contribution is -0.140. The van der Waals surface area contributed by atoms with E-state index in [0.29, 0.717) is 28.7 Å². The third-order valence-electron chi connectivity index (χ3n) is 7.69. The monoisotopic (exact) mass is 721 g/mol. The summed E-state index contributed by atoms with van der Waals surface area (Å²) in [4.78, 5) is 30.1. The van der Waals surface area contributed by atoms with Gasteiger partial charge in [-0.2, -0.15) is 0 Å². The second-order valence-corrected chi connectivity index (χ2v) is 14.8. The molecule has 4 aromatic carbocycles. The van der Waals surface area contributed by atoms with E-state index >= 15 is 0 Å². The highest BCUT2D eigenvalue weighted by atomic mass is 35.5. The molecule has 0 saturated carbocycles. The van der Waals surface area contributed by atoms with E-state index in [2.05, 4.69) is 5.32 Å². The number of nitrogens with zero attached hydrogens (tertiary/aromatic N) is 2. The summed E-state index contributed by atoms with van der Waals surface area (Å²) in [6, 6.07) is 26.0. The molecular formula is C38H44ClN3O7S. The van der Waals surface area contributed by atoms with Crippen molar-refractivity contribution in [3.05, 3.63) is 113 Å². The zero-order chi connectivity index (χ0) is 36.5. The van der Waals surface area contributed by atoms with Crippen LogP contribution < -0.4 is 23.8 Å². The molecule has 0 radical (unpaired) electrons. The summed E-state index contributed by atoms with van der Waals surface area (Å²) >= 11 is 6.18. The summed E-state index contributed by atoms with van der Waals surface area (Å²) in [5.41, 5.74) is 1.16. The van der Waals surface area contributed by atoms with Gasteiger partial charge in [-0.15, -0.1) is 0 Å². The Morgan fingerprint density at radius 3 is 2.06 bits per heavy atom. The zero-order valence-electron chi connectivity index (χ0n) is 29.2. The standard InChI is InChI=1S/C38H44ClN3O7S/c1-7-49-31-19-17-30(18-20-31)42(50(45,46)32-21-22-34(47-5)35(24-32)48-6)26-36(43)41(25-28-13-15-29(39)16-14-28)33(37(44)40-38(2,3)4)23-27-11-9-8-10-12-27/h8-22,24,33H,7,23,25-26H2,1-6H3,(H,40,44). The maximum absolute atomic E-state index is 14.7. The molecule has 0 aliphatic carbocycles. The Morgan fingerprint density at radius 1 is 0.840 bits per heavy atom. The van der Waals surface area contributed by atoms with Crippen LogP contribution in [0.15, 0.2) is 102 Å². The lowest BCUT2D eigenvalue weighted by Gasteiger charge is -2.35. The average Bonchev–Trinajstić information content (AvgIpc) is 3.09. The molecule has 50 heavy (non-hydrogen) atoms. The van der Waals surface area contributed by atoms with Crippen LogP contribution in [-0.2, 0) is 32.6 Å². The smallest absolute Gasteiger partial charge is 0.264 e. The van der Waals surface area contributed by atoms with Gasteiger partial charge in [0.15, 0.2) is 11.5 Å².